The Morgan fingerprint density at radius 3 is 2.94 bits per heavy atom. The lowest BCUT2D eigenvalue weighted by atomic mass is 9.89. The summed E-state index contributed by atoms with van der Waals surface area (Å²) in [7, 11) is 0. The smallest absolute Gasteiger partial charge is 0.267 e. The molecule has 0 saturated heterocycles. The SMILES string of the molecule is CC1CCc2c(sc3nc(SCC(=O)c4ccc[nH]4)n(-c4ccccc4F)c(=O)c23)C1. The molecule has 0 bridgehead atoms. The summed E-state index contributed by atoms with van der Waals surface area (Å²) < 4.78 is 16.0. The molecule has 0 spiro atoms. The number of benzene rings is 1. The molecule has 0 saturated carbocycles. The molecule has 158 valence electrons. The Morgan fingerprint density at radius 1 is 1.32 bits per heavy atom. The van der Waals surface area contributed by atoms with Gasteiger partial charge in [0.1, 0.15) is 10.6 Å². The second kappa shape index (κ2) is 8.09. The van der Waals surface area contributed by atoms with E-state index in [9.17, 15) is 14.0 Å². The summed E-state index contributed by atoms with van der Waals surface area (Å²) in [5.41, 5.74) is 1.44. The number of fused-ring (bicyclic) bond motifs is 3. The topological polar surface area (TPSA) is 67.8 Å². The maximum atomic E-state index is 14.7. The minimum Gasteiger partial charge on any atom is -0.359 e. The van der Waals surface area contributed by atoms with Crippen LogP contribution < -0.4 is 5.56 Å². The Morgan fingerprint density at radius 2 is 2.16 bits per heavy atom. The number of thiophene rings is 1. The van der Waals surface area contributed by atoms with Gasteiger partial charge in [-0.15, -0.1) is 11.3 Å². The summed E-state index contributed by atoms with van der Waals surface area (Å²) in [6.07, 6.45) is 4.49. The van der Waals surface area contributed by atoms with E-state index in [0.29, 0.717) is 27.0 Å². The van der Waals surface area contributed by atoms with Gasteiger partial charge in [0.15, 0.2) is 10.9 Å². The number of rotatable bonds is 5. The lowest BCUT2D eigenvalue weighted by Gasteiger charge is -2.18. The fourth-order valence-electron chi connectivity index (χ4n) is 4.03. The number of aromatic amines is 1. The van der Waals surface area contributed by atoms with Gasteiger partial charge in [-0.05, 0) is 55.0 Å². The van der Waals surface area contributed by atoms with Crippen molar-refractivity contribution in [2.24, 2.45) is 5.92 Å². The quantitative estimate of drug-likeness (QED) is 0.262. The van der Waals surface area contributed by atoms with E-state index in [1.165, 1.54) is 15.5 Å². The Hall–Kier alpha value is -2.71. The van der Waals surface area contributed by atoms with Crippen LogP contribution in [0.2, 0.25) is 0 Å². The third kappa shape index (κ3) is 3.64. The standard InChI is InChI=1S/C23H20FN3O2S2/c1-13-8-9-14-19(11-13)31-21-20(14)22(29)27(17-7-3-2-5-15(17)24)23(26-21)30-12-18(28)16-6-4-10-25-16/h2-7,10,13,25H,8-9,11-12H2,1H3. The van der Waals surface area contributed by atoms with Crippen LogP contribution in [0.25, 0.3) is 15.9 Å². The first-order chi connectivity index (χ1) is 15.0. The molecular formula is C23H20FN3O2S2. The lowest BCUT2D eigenvalue weighted by molar-refractivity contribution is 0.101. The predicted octanol–water partition coefficient (Wildman–Crippen LogP) is 5.01. The van der Waals surface area contributed by atoms with Crippen molar-refractivity contribution in [1.82, 2.24) is 14.5 Å². The molecule has 1 unspecified atom stereocenters. The van der Waals surface area contributed by atoms with Gasteiger partial charge >= 0.3 is 0 Å². The predicted molar refractivity (Wildman–Crippen MR) is 122 cm³/mol. The van der Waals surface area contributed by atoms with Gasteiger partial charge in [0.25, 0.3) is 5.56 Å². The number of halogens is 1. The van der Waals surface area contributed by atoms with E-state index in [1.807, 2.05) is 0 Å². The van der Waals surface area contributed by atoms with Gasteiger partial charge in [-0.2, -0.15) is 0 Å². The number of aromatic nitrogens is 3. The number of carbonyl (C=O) groups is 1. The van der Waals surface area contributed by atoms with Crippen LogP contribution in [0, 0.1) is 11.7 Å². The number of carbonyl (C=O) groups excluding carboxylic acids is 1. The minimum atomic E-state index is -0.499. The molecule has 0 amide bonds. The summed E-state index contributed by atoms with van der Waals surface area (Å²) in [5, 5.41) is 0.921. The summed E-state index contributed by atoms with van der Waals surface area (Å²) in [4.78, 5) is 35.7. The van der Waals surface area contributed by atoms with Crippen molar-refractivity contribution in [3.63, 3.8) is 0 Å². The Balaban J connectivity index is 1.66. The number of H-pyrrole nitrogens is 1. The van der Waals surface area contributed by atoms with Crippen molar-refractivity contribution in [2.45, 2.75) is 31.3 Å². The first kappa shape index (κ1) is 20.2. The van der Waals surface area contributed by atoms with E-state index < -0.39 is 5.82 Å². The number of ketones is 1. The summed E-state index contributed by atoms with van der Waals surface area (Å²) in [5.74, 6) is 0.0565. The van der Waals surface area contributed by atoms with E-state index in [1.54, 1.807) is 47.9 Å². The van der Waals surface area contributed by atoms with Crippen LogP contribution in [-0.4, -0.2) is 26.1 Å². The number of nitrogens with zero attached hydrogens (tertiary/aromatic N) is 2. The zero-order chi connectivity index (χ0) is 21.5. The van der Waals surface area contributed by atoms with Gasteiger partial charge in [0.2, 0.25) is 0 Å². The second-order valence-electron chi connectivity index (χ2n) is 7.81. The van der Waals surface area contributed by atoms with E-state index in [4.69, 9.17) is 4.98 Å². The highest BCUT2D eigenvalue weighted by Crippen LogP contribution is 2.37. The van der Waals surface area contributed by atoms with Crippen molar-refractivity contribution in [1.29, 1.82) is 0 Å². The summed E-state index contributed by atoms with van der Waals surface area (Å²) in [6.45, 7) is 2.21. The molecule has 5 rings (SSSR count). The van der Waals surface area contributed by atoms with Crippen LogP contribution in [0.5, 0.6) is 0 Å². The van der Waals surface area contributed by atoms with E-state index in [0.717, 1.165) is 36.6 Å². The highest BCUT2D eigenvalue weighted by molar-refractivity contribution is 7.99. The Bertz CT molecular complexity index is 1340. The van der Waals surface area contributed by atoms with Crippen LogP contribution in [0.15, 0.2) is 52.5 Å². The molecule has 0 radical (unpaired) electrons. The Kier molecular flexibility index (Phi) is 5.27. The number of aryl methyl sites for hydroxylation is 1. The van der Waals surface area contributed by atoms with Crippen LogP contribution >= 0.6 is 23.1 Å². The molecule has 1 aliphatic carbocycles. The summed E-state index contributed by atoms with van der Waals surface area (Å²) in [6, 6.07) is 9.65. The van der Waals surface area contributed by atoms with Crippen LogP contribution in [0.1, 0.15) is 34.3 Å². The molecule has 0 fully saturated rings. The van der Waals surface area contributed by atoms with Gasteiger partial charge in [-0.3, -0.25) is 14.2 Å². The number of Topliss-reactive ketones (excluding diaryl/α,β-unsaturated/α-hetero) is 1. The fourth-order valence-corrected chi connectivity index (χ4v) is 6.34. The van der Waals surface area contributed by atoms with Gasteiger partial charge < -0.3 is 4.98 Å². The molecule has 0 aliphatic heterocycles. The van der Waals surface area contributed by atoms with Gasteiger partial charge in [-0.25, -0.2) is 9.37 Å². The number of hydrogen-bond acceptors (Lipinski definition) is 5. The first-order valence-corrected chi connectivity index (χ1v) is 11.9. The molecule has 8 heteroatoms. The van der Waals surface area contributed by atoms with Crippen molar-refractivity contribution in [2.75, 3.05) is 5.75 Å². The zero-order valence-electron chi connectivity index (χ0n) is 16.9. The van der Waals surface area contributed by atoms with Crippen molar-refractivity contribution in [3.05, 3.63) is 74.9 Å². The second-order valence-corrected chi connectivity index (χ2v) is 9.84. The average Bonchev–Trinajstić information content (AvgIpc) is 3.40. The van der Waals surface area contributed by atoms with Crippen molar-refractivity contribution >= 4 is 39.1 Å². The van der Waals surface area contributed by atoms with E-state index in [-0.39, 0.29) is 22.8 Å². The monoisotopic (exact) mass is 453 g/mol. The third-order valence-corrected chi connectivity index (χ3v) is 7.71. The molecule has 31 heavy (non-hydrogen) atoms. The van der Waals surface area contributed by atoms with E-state index in [2.05, 4.69) is 11.9 Å². The normalized spacial score (nSPS) is 15.9. The number of thioether (sulfide) groups is 1. The average molecular weight is 454 g/mol. The molecule has 3 aromatic heterocycles. The van der Waals surface area contributed by atoms with Crippen molar-refractivity contribution in [3.8, 4) is 5.69 Å². The lowest BCUT2D eigenvalue weighted by Crippen LogP contribution is -2.24. The first-order valence-electron chi connectivity index (χ1n) is 10.1. The highest BCUT2D eigenvalue weighted by Gasteiger charge is 2.26. The van der Waals surface area contributed by atoms with Gasteiger partial charge in [0.05, 0.1) is 22.5 Å². The Labute approximate surface area is 186 Å². The summed E-state index contributed by atoms with van der Waals surface area (Å²) >= 11 is 2.70. The maximum absolute atomic E-state index is 14.7. The molecule has 1 N–H and O–H groups in total. The number of nitrogens with one attached hydrogen (secondary N) is 1. The van der Waals surface area contributed by atoms with Crippen molar-refractivity contribution < 1.29 is 9.18 Å². The molecular weight excluding hydrogens is 433 g/mol. The molecule has 5 nitrogen and oxygen atoms in total. The molecule has 1 atom stereocenters. The minimum absolute atomic E-state index is 0.0923. The van der Waals surface area contributed by atoms with Gasteiger partial charge in [-0.1, -0.05) is 30.8 Å². The maximum Gasteiger partial charge on any atom is 0.267 e. The van der Waals surface area contributed by atoms with Crippen LogP contribution in [0.3, 0.4) is 0 Å². The fraction of sp³-hybridized carbons (Fsp3) is 0.261. The number of para-hydroxylation sites is 1. The van der Waals surface area contributed by atoms with E-state index >= 15 is 0 Å². The zero-order valence-corrected chi connectivity index (χ0v) is 18.5. The van der Waals surface area contributed by atoms with Gasteiger partial charge in [0, 0.05) is 11.1 Å². The largest absolute Gasteiger partial charge is 0.359 e. The number of hydrogen-bond donors (Lipinski definition) is 1. The molecule has 3 heterocycles. The third-order valence-electron chi connectivity index (χ3n) is 5.62. The van der Waals surface area contributed by atoms with Crippen LogP contribution in [0.4, 0.5) is 4.39 Å². The molecule has 1 aliphatic rings. The van der Waals surface area contributed by atoms with Crippen LogP contribution in [-0.2, 0) is 12.8 Å². The highest BCUT2D eigenvalue weighted by atomic mass is 32.2. The molecule has 1 aromatic carbocycles. The molecule has 4 aromatic rings.